The number of ether oxygens (including phenoxy) is 2. The van der Waals surface area contributed by atoms with Gasteiger partial charge in [0.1, 0.15) is 5.82 Å². The minimum atomic E-state index is 0.263. The summed E-state index contributed by atoms with van der Waals surface area (Å²) < 4.78 is 12.4. The molecule has 0 bridgehead atoms. The quantitative estimate of drug-likeness (QED) is 0.783. The lowest BCUT2D eigenvalue weighted by atomic mass is 10.1. The molecule has 0 fully saturated rings. The number of anilines is 1. The predicted octanol–water partition coefficient (Wildman–Crippen LogP) is 2.85. The van der Waals surface area contributed by atoms with Crippen molar-refractivity contribution in [1.82, 2.24) is 9.78 Å². The van der Waals surface area contributed by atoms with Gasteiger partial charge in [0.25, 0.3) is 0 Å². The number of benzene rings is 2. The van der Waals surface area contributed by atoms with Crippen LogP contribution >= 0.6 is 0 Å². The largest absolute Gasteiger partial charge is 0.454 e. The van der Waals surface area contributed by atoms with Gasteiger partial charge >= 0.3 is 0 Å². The van der Waals surface area contributed by atoms with Gasteiger partial charge in [-0.1, -0.05) is 18.2 Å². The summed E-state index contributed by atoms with van der Waals surface area (Å²) in [6, 6.07) is 17.4. The molecule has 0 atom stereocenters. The molecular formula is C16H13N3O2. The first kappa shape index (κ1) is 11.8. The van der Waals surface area contributed by atoms with Crippen LogP contribution < -0.4 is 15.2 Å². The lowest BCUT2D eigenvalue weighted by molar-refractivity contribution is 0.174. The van der Waals surface area contributed by atoms with Gasteiger partial charge in [0.05, 0.1) is 11.4 Å². The highest BCUT2D eigenvalue weighted by atomic mass is 16.7. The number of nitrogens with zero attached hydrogens (tertiary/aromatic N) is 2. The average molecular weight is 279 g/mol. The normalized spacial score (nSPS) is 12.6. The van der Waals surface area contributed by atoms with Crippen LogP contribution in [0.5, 0.6) is 11.5 Å². The maximum absolute atomic E-state index is 6.07. The van der Waals surface area contributed by atoms with Gasteiger partial charge in [-0.3, -0.25) is 0 Å². The SMILES string of the molecule is Nc1cc(-c2ccc3c(c2)OCO3)nn1-c1ccccc1. The van der Waals surface area contributed by atoms with E-state index in [0.717, 1.165) is 28.4 Å². The van der Waals surface area contributed by atoms with Crippen LogP contribution in [0.3, 0.4) is 0 Å². The summed E-state index contributed by atoms with van der Waals surface area (Å²) >= 11 is 0. The van der Waals surface area contributed by atoms with E-state index in [1.54, 1.807) is 4.68 Å². The smallest absolute Gasteiger partial charge is 0.231 e. The molecule has 5 heteroatoms. The van der Waals surface area contributed by atoms with Crippen LogP contribution in [-0.4, -0.2) is 16.6 Å². The third-order valence-electron chi connectivity index (χ3n) is 3.41. The summed E-state index contributed by atoms with van der Waals surface area (Å²) in [5, 5.41) is 4.57. The van der Waals surface area contributed by atoms with Gasteiger partial charge in [-0.2, -0.15) is 5.10 Å². The molecule has 4 rings (SSSR count). The molecule has 2 N–H and O–H groups in total. The Labute approximate surface area is 121 Å². The van der Waals surface area contributed by atoms with Crippen molar-refractivity contribution in [3.05, 3.63) is 54.6 Å². The number of fused-ring (bicyclic) bond motifs is 1. The fourth-order valence-electron chi connectivity index (χ4n) is 2.37. The molecule has 5 nitrogen and oxygen atoms in total. The van der Waals surface area contributed by atoms with Gasteiger partial charge in [-0.05, 0) is 30.3 Å². The molecule has 0 spiro atoms. The number of para-hydroxylation sites is 1. The lowest BCUT2D eigenvalue weighted by Gasteiger charge is -2.03. The Morgan fingerprint density at radius 3 is 2.62 bits per heavy atom. The van der Waals surface area contributed by atoms with Crippen molar-refractivity contribution in [2.45, 2.75) is 0 Å². The van der Waals surface area contributed by atoms with Gasteiger partial charge in [0, 0.05) is 11.6 Å². The summed E-state index contributed by atoms with van der Waals surface area (Å²) in [5.74, 6) is 2.09. The van der Waals surface area contributed by atoms with Gasteiger partial charge in [-0.25, -0.2) is 4.68 Å². The van der Waals surface area contributed by atoms with Crippen molar-refractivity contribution in [2.75, 3.05) is 12.5 Å². The molecule has 1 aromatic heterocycles. The molecule has 0 saturated heterocycles. The molecule has 21 heavy (non-hydrogen) atoms. The van der Waals surface area contributed by atoms with Crippen molar-refractivity contribution in [3.63, 3.8) is 0 Å². The number of nitrogen functional groups attached to an aromatic ring is 1. The van der Waals surface area contributed by atoms with Gasteiger partial charge < -0.3 is 15.2 Å². The third kappa shape index (κ3) is 1.99. The molecule has 2 aromatic carbocycles. The first-order valence-electron chi connectivity index (χ1n) is 6.62. The van der Waals surface area contributed by atoms with Crippen LogP contribution in [0.15, 0.2) is 54.6 Å². The van der Waals surface area contributed by atoms with Gasteiger partial charge in [0.2, 0.25) is 6.79 Å². The van der Waals surface area contributed by atoms with E-state index in [9.17, 15) is 0 Å². The Morgan fingerprint density at radius 1 is 0.952 bits per heavy atom. The number of hydrogen-bond donors (Lipinski definition) is 1. The third-order valence-corrected chi connectivity index (χ3v) is 3.41. The first-order chi connectivity index (χ1) is 10.3. The van der Waals surface area contributed by atoms with E-state index < -0.39 is 0 Å². The standard InChI is InChI=1S/C16H13N3O2/c17-16-9-13(18-19(16)12-4-2-1-3-5-12)11-6-7-14-15(8-11)21-10-20-14/h1-9H,10,17H2. The van der Waals surface area contributed by atoms with Crippen LogP contribution in [0.2, 0.25) is 0 Å². The molecule has 0 amide bonds. The Morgan fingerprint density at radius 2 is 1.76 bits per heavy atom. The van der Waals surface area contributed by atoms with E-state index in [0.29, 0.717) is 5.82 Å². The minimum Gasteiger partial charge on any atom is -0.454 e. The van der Waals surface area contributed by atoms with Crippen LogP contribution in [0.1, 0.15) is 0 Å². The number of aromatic nitrogens is 2. The zero-order valence-corrected chi connectivity index (χ0v) is 11.2. The van der Waals surface area contributed by atoms with Gasteiger partial charge in [-0.15, -0.1) is 0 Å². The van der Waals surface area contributed by atoms with Gasteiger partial charge in [0.15, 0.2) is 11.5 Å². The average Bonchev–Trinajstić information content (AvgIpc) is 3.13. The highest BCUT2D eigenvalue weighted by Gasteiger charge is 2.16. The number of hydrogen-bond acceptors (Lipinski definition) is 4. The van der Waals surface area contributed by atoms with E-state index in [4.69, 9.17) is 15.2 Å². The van der Waals surface area contributed by atoms with Crippen molar-refractivity contribution >= 4 is 5.82 Å². The molecule has 0 radical (unpaired) electrons. The zero-order valence-electron chi connectivity index (χ0n) is 11.2. The predicted molar refractivity (Wildman–Crippen MR) is 79.5 cm³/mol. The van der Waals surface area contributed by atoms with E-state index in [1.165, 1.54) is 0 Å². The fraction of sp³-hybridized carbons (Fsp3) is 0.0625. The maximum Gasteiger partial charge on any atom is 0.231 e. The summed E-state index contributed by atoms with van der Waals surface area (Å²) in [7, 11) is 0. The maximum atomic E-state index is 6.07. The zero-order chi connectivity index (χ0) is 14.2. The summed E-state index contributed by atoms with van der Waals surface area (Å²) in [5.41, 5.74) is 8.75. The van der Waals surface area contributed by atoms with Crippen LogP contribution in [0.4, 0.5) is 5.82 Å². The van der Waals surface area contributed by atoms with Crippen LogP contribution in [0, 0.1) is 0 Å². The number of rotatable bonds is 2. The molecule has 104 valence electrons. The molecule has 2 heterocycles. The van der Waals surface area contributed by atoms with Crippen molar-refractivity contribution in [1.29, 1.82) is 0 Å². The molecule has 0 saturated carbocycles. The second kappa shape index (κ2) is 4.56. The lowest BCUT2D eigenvalue weighted by Crippen LogP contribution is -2.01. The molecule has 0 unspecified atom stereocenters. The Balaban J connectivity index is 1.77. The number of nitrogens with two attached hydrogens (primary N) is 1. The molecule has 1 aliphatic rings. The van der Waals surface area contributed by atoms with Crippen molar-refractivity contribution in [3.8, 4) is 28.4 Å². The van der Waals surface area contributed by atoms with E-state index >= 15 is 0 Å². The summed E-state index contributed by atoms with van der Waals surface area (Å²) in [6.07, 6.45) is 0. The summed E-state index contributed by atoms with van der Waals surface area (Å²) in [4.78, 5) is 0. The molecule has 3 aromatic rings. The summed E-state index contributed by atoms with van der Waals surface area (Å²) in [6.45, 7) is 0.263. The van der Waals surface area contributed by atoms with E-state index in [1.807, 2.05) is 54.6 Å². The Hall–Kier alpha value is -2.95. The highest BCUT2D eigenvalue weighted by Crippen LogP contribution is 2.36. The monoisotopic (exact) mass is 279 g/mol. The minimum absolute atomic E-state index is 0.263. The molecular weight excluding hydrogens is 266 g/mol. The van der Waals surface area contributed by atoms with Crippen LogP contribution in [-0.2, 0) is 0 Å². The van der Waals surface area contributed by atoms with E-state index in [-0.39, 0.29) is 6.79 Å². The first-order valence-corrected chi connectivity index (χ1v) is 6.62. The topological polar surface area (TPSA) is 62.3 Å². The Kier molecular flexibility index (Phi) is 2.57. The van der Waals surface area contributed by atoms with Crippen molar-refractivity contribution < 1.29 is 9.47 Å². The van der Waals surface area contributed by atoms with E-state index in [2.05, 4.69) is 5.10 Å². The Bertz CT molecular complexity index is 797. The second-order valence-electron chi connectivity index (χ2n) is 4.77. The molecule has 0 aliphatic carbocycles. The highest BCUT2D eigenvalue weighted by molar-refractivity contribution is 5.67. The van der Waals surface area contributed by atoms with Crippen LogP contribution in [0.25, 0.3) is 16.9 Å². The fourth-order valence-corrected chi connectivity index (χ4v) is 2.37. The van der Waals surface area contributed by atoms with Crippen molar-refractivity contribution in [2.24, 2.45) is 0 Å². The molecule has 1 aliphatic heterocycles. The second-order valence-corrected chi connectivity index (χ2v) is 4.77.